The van der Waals surface area contributed by atoms with E-state index in [2.05, 4.69) is 61.5 Å². The first-order chi connectivity index (χ1) is 13.2. The third kappa shape index (κ3) is 3.08. The van der Waals surface area contributed by atoms with E-state index in [0.717, 1.165) is 47.2 Å². The molecule has 0 spiro atoms. The Morgan fingerprint density at radius 3 is 2.59 bits per heavy atom. The number of fused-ring (bicyclic) bond motifs is 3. The number of nitrogens with zero attached hydrogens (tertiary/aromatic N) is 2. The molecular weight excluding hydrogens is 332 g/mol. The first-order valence-corrected chi connectivity index (χ1v) is 9.48. The molecule has 0 N–H and O–H groups in total. The second-order valence-electron chi connectivity index (χ2n) is 6.92. The van der Waals surface area contributed by atoms with Gasteiger partial charge >= 0.3 is 0 Å². The van der Waals surface area contributed by atoms with Gasteiger partial charge in [-0.15, -0.1) is 0 Å². The Kier molecular flexibility index (Phi) is 4.64. The Morgan fingerprint density at radius 2 is 1.85 bits per heavy atom. The molecule has 1 aliphatic rings. The second-order valence-corrected chi connectivity index (χ2v) is 6.92. The second kappa shape index (κ2) is 7.25. The number of aryl methyl sites for hydroxylation is 2. The van der Waals surface area contributed by atoms with E-state index in [0.29, 0.717) is 18.1 Å². The molecule has 0 aliphatic heterocycles. The maximum absolute atomic E-state index is 9.94. The third-order valence-electron chi connectivity index (χ3n) is 5.14. The van der Waals surface area contributed by atoms with Gasteiger partial charge in [0, 0.05) is 11.1 Å². The molecule has 0 unspecified atom stereocenters. The van der Waals surface area contributed by atoms with Crippen LogP contribution >= 0.6 is 0 Å². The normalized spacial score (nSPS) is 12.5. The highest BCUT2D eigenvalue weighted by Crippen LogP contribution is 2.41. The fraction of sp³-hybridized carbons (Fsp3) is 0.250. The van der Waals surface area contributed by atoms with Crippen LogP contribution in [0.2, 0.25) is 0 Å². The van der Waals surface area contributed by atoms with Gasteiger partial charge in [0.1, 0.15) is 11.6 Å². The average molecular weight is 354 g/mol. The Hall–Kier alpha value is -3.12. The van der Waals surface area contributed by atoms with Crippen molar-refractivity contribution in [2.75, 3.05) is 6.61 Å². The Balaban J connectivity index is 2.07. The summed E-state index contributed by atoms with van der Waals surface area (Å²) < 4.78 is 5.80. The fourth-order valence-corrected chi connectivity index (χ4v) is 3.88. The van der Waals surface area contributed by atoms with Crippen molar-refractivity contribution < 1.29 is 4.74 Å². The number of rotatable bonds is 3. The number of pyridine rings is 1. The van der Waals surface area contributed by atoms with Gasteiger partial charge in [-0.2, -0.15) is 5.26 Å². The predicted octanol–water partition coefficient (Wildman–Crippen LogP) is 5.48. The molecule has 0 bridgehead atoms. The van der Waals surface area contributed by atoms with Crippen molar-refractivity contribution in [3.63, 3.8) is 0 Å². The molecule has 3 heteroatoms. The van der Waals surface area contributed by atoms with Crippen LogP contribution in [-0.4, -0.2) is 11.6 Å². The maximum atomic E-state index is 9.94. The maximum Gasteiger partial charge on any atom is 0.232 e. The first kappa shape index (κ1) is 17.3. The fourth-order valence-electron chi connectivity index (χ4n) is 3.88. The summed E-state index contributed by atoms with van der Waals surface area (Å²) in [5.74, 6) is 0.436. The third-order valence-corrected chi connectivity index (χ3v) is 5.14. The highest BCUT2D eigenvalue weighted by atomic mass is 16.5. The minimum atomic E-state index is 0.436. The highest BCUT2D eigenvalue weighted by Gasteiger charge is 2.25. The highest BCUT2D eigenvalue weighted by molar-refractivity contribution is 5.83. The van der Waals surface area contributed by atoms with Crippen molar-refractivity contribution in [2.24, 2.45) is 0 Å². The molecule has 0 atom stereocenters. The van der Waals surface area contributed by atoms with Crippen molar-refractivity contribution in [1.29, 1.82) is 5.26 Å². The van der Waals surface area contributed by atoms with E-state index in [4.69, 9.17) is 9.72 Å². The summed E-state index contributed by atoms with van der Waals surface area (Å²) in [6, 6.07) is 19.2. The van der Waals surface area contributed by atoms with Crippen LogP contribution in [0.4, 0.5) is 0 Å². The molecule has 3 nitrogen and oxygen atoms in total. The van der Waals surface area contributed by atoms with Crippen molar-refractivity contribution in [3.8, 4) is 34.3 Å². The number of hydrogen-bond acceptors (Lipinski definition) is 3. The van der Waals surface area contributed by atoms with Gasteiger partial charge in [-0.3, -0.25) is 0 Å². The summed E-state index contributed by atoms with van der Waals surface area (Å²) in [6.45, 7) is 4.48. The molecule has 1 aromatic heterocycles. The lowest BCUT2D eigenvalue weighted by Crippen LogP contribution is -2.05. The SMILES string of the molecule is CCOc1nc2c(c(-c3ccc(C)cc3)c1C#N)CCCc1ccccc1-2. The largest absolute Gasteiger partial charge is 0.477 e. The summed E-state index contributed by atoms with van der Waals surface area (Å²) >= 11 is 0. The van der Waals surface area contributed by atoms with Gasteiger partial charge in [0.2, 0.25) is 5.88 Å². The summed E-state index contributed by atoms with van der Waals surface area (Å²) in [6.07, 6.45) is 2.97. The van der Waals surface area contributed by atoms with Gasteiger partial charge in [-0.1, -0.05) is 54.1 Å². The quantitative estimate of drug-likeness (QED) is 0.625. The van der Waals surface area contributed by atoms with Crippen LogP contribution in [-0.2, 0) is 12.8 Å². The van der Waals surface area contributed by atoms with Crippen molar-refractivity contribution in [3.05, 3.63) is 70.8 Å². The lowest BCUT2D eigenvalue weighted by Gasteiger charge is -2.18. The molecule has 4 rings (SSSR count). The summed E-state index contributed by atoms with van der Waals surface area (Å²) in [7, 11) is 0. The van der Waals surface area contributed by atoms with Gasteiger partial charge < -0.3 is 4.74 Å². The summed E-state index contributed by atoms with van der Waals surface area (Å²) in [5.41, 5.74) is 8.35. The van der Waals surface area contributed by atoms with Gasteiger partial charge in [-0.25, -0.2) is 4.98 Å². The van der Waals surface area contributed by atoms with Crippen molar-refractivity contribution >= 4 is 0 Å². The van der Waals surface area contributed by atoms with E-state index in [1.54, 1.807) is 0 Å². The monoisotopic (exact) mass is 354 g/mol. The van der Waals surface area contributed by atoms with Crippen LogP contribution in [0.15, 0.2) is 48.5 Å². The van der Waals surface area contributed by atoms with E-state index in [1.807, 2.05) is 6.92 Å². The molecular formula is C24H22N2O. The van der Waals surface area contributed by atoms with Crippen LogP contribution in [0.5, 0.6) is 5.88 Å². The lowest BCUT2D eigenvalue weighted by atomic mass is 9.90. The lowest BCUT2D eigenvalue weighted by molar-refractivity contribution is 0.326. The van der Waals surface area contributed by atoms with Crippen LogP contribution in [0.3, 0.4) is 0 Å². The summed E-state index contributed by atoms with van der Waals surface area (Å²) in [5, 5.41) is 9.94. The molecule has 2 aromatic carbocycles. The zero-order chi connectivity index (χ0) is 18.8. The molecule has 3 aromatic rings. The molecule has 0 radical (unpaired) electrons. The number of aromatic nitrogens is 1. The zero-order valence-electron chi connectivity index (χ0n) is 15.7. The van der Waals surface area contributed by atoms with Crippen LogP contribution in [0.1, 0.15) is 35.6 Å². The zero-order valence-corrected chi connectivity index (χ0v) is 15.7. The van der Waals surface area contributed by atoms with E-state index < -0.39 is 0 Å². The number of hydrogen-bond donors (Lipinski definition) is 0. The van der Waals surface area contributed by atoms with Crippen LogP contribution in [0.25, 0.3) is 22.4 Å². The molecule has 0 saturated heterocycles. The van der Waals surface area contributed by atoms with Gasteiger partial charge in [0.05, 0.1) is 12.3 Å². The molecule has 0 amide bonds. The molecule has 1 heterocycles. The number of ether oxygens (including phenoxy) is 1. The first-order valence-electron chi connectivity index (χ1n) is 9.48. The molecule has 1 aliphatic carbocycles. The van der Waals surface area contributed by atoms with Crippen LogP contribution < -0.4 is 4.74 Å². The average Bonchev–Trinajstić information content (AvgIpc) is 2.87. The smallest absolute Gasteiger partial charge is 0.232 e. The molecule has 27 heavy (non-hydrogen) atoms. The van der Waals surface area contributed by atoms with Gasteiger partial charge in [0.25, 0.3) is 0 Å². The number of benzene rings is 2. The number of nitriles is 1. The Labute approximate surface area is 160 Å². The summed E-state index contributed by atoms with van der Waals surface area (Å²) in [4.78, 5) is 4.83. The predicted molar refractivity (Wildman–Crippen MR) is 108 cm³/mol. The van der Waals surface area contributed by atoms with E-state index in [9.17, 15) is 5.26 Å². The Morgan fingerprint density at radius 1 is 1.07 bits per heavy atom. The van der Waals surface area contributed by atoms with Crippen LogP contribution in [0, 0.1) is 18.3 Å². The van der Waals surface area contributed by atoms with E-state index in [1.165, 1.54) is 11.1 Å². The molecule has 0 fully saturated rings. The molecule has 0 saturated carbocycles. The standard InChI is InChI=1S/C24H22N2O/c1-3-27-24-21(15-25)22(18-13-11-16(2)12-14-18)20-10-6-8-17-7-4-5-9-19(17)23(20)26-24/h4-5,7,9,11-14H,3,6,8,10H2,1-2H3. The van der Waals surface area contributed by atoms with E-state index in [-0.39, 0.29) is 0 Å². The van der Waals surface area contributed by atoms with Crippen molar-refractivity contribution in [2.45, 2.75) is 33.1 Å². The Bertz CT molecular complexity index is 1030. The molecule has 134 valence electrons. The van der Waals surface area contributed by atoms with E-state index >= 15 is 0 Å². The topological polar surface area (TPSA) is 45.9 Å². The minimum absolute atomic E-state index is 0.436. The van der Waals surface area contributed by atoms with Gasteiger partial charge in [0.15, 0.2) is 0 Å². The van der Waals surface area contributed by atoms with Crippen molar-refractivity contribution in [1.82, 2.24) is 4.98 Å². The van der Waals surface area contributed by atoms with Gasteiger partial charge in [-0.05, 0) is 49.8 Å². The minimum Gasteiger partial charge on any atom is -0.477 e.